The number of hydrogen-bond acceptors (Lipinski definition) is 1. The van der Waals surface area contributed by atoms with E-state index in [1.165, 1.54) is 59.8 Å². The van der Waals surface area contributed by atoms with Gasteiger partial charge in [-0.3, -0.25) is 0 Å². The van der Waals surface area contributed by atoms with E-state index in [9.17, 15) is 0 Å². The van der Waals surface area contributed by atoms with Crippen LogP contribution >= 0.6 is 11.6 Å². The van der Waals surface area contributed by atoms with Gasteiger partial charge in [0.2, 0.25) is 0 Å². The fraction of sp³-hybridized carbons (Fsp3) is 0.182. The van der Waals surface area contributed by atoms with Crippen molar-refractivity contribution in [2.45, 2.75) is 25.7 Å². The molecule has 0 aliphatic heterocycles. The van der Waals surface area contributed by atoms with Crippen LogP contribution in [0.25, 0.3) is 21.5 Å². The molecule has 2 heteroatoms. The van der Waals surface area contributed by atoms with Crippen molar-refractivity contribution in [1.82, 2.24) is 0 Å². The topological polar surface area (TPSA) is 13.1 Å². The SMILES string of the molecule is Clc1ccoc1.c1ccc2c(c1)ccc1c3c(ccc12)CCCC3. The maximum Gasteiger partial charge on any atom is 0.109 e. The van der Waals surface area contributed by atoms with Crippen LogP contribution in [0.2, 0.25) is 5.02 Å². The van der Waals surface area contributed by atoms with Gasteiger partial charge in [0.25, 0.3) is 0 Å². The van der Waals surface area contributed by atoms with Crippen LogP contribution in [0.3, 0.4) is 0 Å². The van der Waals surface area contributed by atoms with Crippen LogP contribution in [0.15, 0.2) is 71.5 Å². The average molecular weight is 335 g/mol. The zero-order valence-electron chi connectivity index (χ0n) is 13.5. The second-order valence-electron chi connectivity index (χ2n) is 6.23. The van der Waals surface area contributed by atoms with Crippen molar-refractivity contribution in [2.75, 3.05) is 0 Å². The minimum absolute atomic E-state index is 0.648. The molecule has 0 fully saturated rings. The van der Waals surface area contributed by atoms with Crippen molar-refractivity contribution in [3.05, 3.63) is 83.3 Å². The molecule has 0 saturated carbocycles. The van der Waals surface area contributed by atoms with Gasteiger partial charge in [0, 0.05) is 0 Å². The van der Waals surface area contributed by atoms with Crippen molar-refractivity contribution in [3.8, 4) is 0 Å². The Balaban J connectivity index is 0.000000207. The third-order valence-electron chi connectivity index (χ3n) is 4.74. The first-order valence-electron chi connectivity index (χ1n) is 8.43. The lowest BCUT2D eigenvalue weighted by Gasteiger charge is -2.18. The second-order valence-corrected chi connectivity index (χ2v) is 6.67. The van der Waals surface area contributed by atoms with Crippen LogP contribution in [0.5, 0.6) is 0 Å². The van der Waals surface area contributed by atoms with Gasteiger partial charge in [0.15, 0.2) is 0 Å². The Kier molecular flexibility index (Phi) is 4.27. The molecule has 0 amide bonds. The van der Waals surface area contributed by atoms with E-state index in [2.05, 4.69) is 52.9 Å². The first kappa shape index (κ1) is 15.3. The van der Waals surface area contributed by atoms with Crippen LogP contribution in [0.1, 0.15) is 24.0 Å². The number of hydrogen-bond donors (Lipinski definition) is 0. The van der Waals surface area contributed by atoms with Gasteiger partial charge >= 0.3 is 0 Å². The summed E-state index contributed by atoms with van der Waals surface area (Å²) in [5.74, 6) is 0. The summed E-state index contributed by atoms with van der Waals surface area (Å²) in [6.07, 6.45) is 8.22. The maximum atomic E-state index is 5.36. The second kappa shape index (κ2) is 6.70. The summed E-state index contributed by atoms with van der Waals surface area (Å²) in [5, 5.41) is 6.29. The average Bonchev–Trinajstić information content (AvgIpc) is 3.12. The number of halogens is 1. The van der Waals surface area contributed by atoms with E-state index in [-0.39, 0.29) is 0 Å². The van der Waals surface area contributed by atoms with E-state index in [1.807, 2.05) is 0 Å². The zero-order chi connectivity index (χ0) is 16.4. The van der Waals surface area contributed by atoms with Gasteiger partial charge in [0.1, 0.15) is 6.26 Å². The molecule has 1 aromatic heterocycles. The lowest BCUT2D eigenvalue weighted by molar-refractivity contribution is 0.567. The predicted molar refractivity (Wildman–Crippen MR) is 102 cm³/mol. The summed E-state index contributed by atoms with van der Waals surface area (Å²) in [4.78, 5) is 0. The molecule has 120 valence electrons. The Bertz CT molecular complexity index is 970. The van der Waals surface area contributed by atoms with Crippen LogP contribution in [0, 0.1) is 0 Å². The van der Waals surface area contributed by atoms with Gasteiger partial charge in [-0.05, 0) is 64.4 Å². The summed E-state index contributed by atoms with van der Waals surface area (Å²) in [6.45, 7) is 0. The van der Waals surface area contributed by atoms with Gasteiger partial charge in [-0.2, -0.15) is 0 Å². The van der Waals surface area contributed by atoms with Crippen LogP contribution in [0.4, 0.5) is 0 Å². The number of benzene rings is 3. The maximum absolute atomic E-state index is 5.36. The molecule has 1 heterocycles. The molecular weight excluding hydrogens is 316 g/mol. The molecule has 0 bridgehead atoms. The Labute approximate surface area is 146 Å². The largest absolute Gasteiger partial charge is 0.471 e. The van der Waals surface area contributed by atoms with E-state index in [0.29, 0.717) is 5.02 Å². The lowest BCUT2D eigenvalue weighted by Crippen LogP contribution is -2.02. The molecule has 0 unspecified atom stereocenters. The first-order chi connectivity index (χ1) is 11.8. The fourth-order valence-electron chi connectivity index (χ4n) is 3.59. The predicted octanol–water partition coefficient (Wildman–Crippen LogP) is 6.80. The molecule has 24 heavy (non-hydrogen) atoms. The van der Waals surface area contributed by atoms with Gasteiger partial charge < -0.3 is 4.42 Å². The minimum Gasteiger partial charge on any atom is -0.471 e. The molecule has 1 aliphatic rings. The molecule has 4 aromatic rings. The summed E-state index contributed by atoms with van der Waals surface area (Å²) in [6, 6.07) is 19.6. The highest BCUT2D eigenvalue weighted by molar-refractivity contribution is 6.30. The molecule has 0 atom stereocenters. The first-order valence-corrected chi connectivity index (χ1v) is 8.80. The Morgan fingerprint density at radius 1 is 0.750 bits per heavy atom. The highest BCUT2D eigenvalue weighted by Gasteiger charge is 2.13. The lowest BCUT2D eigenvalue weighted by atomic mass is 9.86. The van der Waals surface area contributed by atoms with Crippen molar-refractivity contribution >= 4 is 33.1 Å². The van der Waals surface area contributed by atoms with Gasteiger partial charge in [-0.15, -0.1) is 0 Å². The summed E-state index contributed by atoms with van der Waals surface area (Å²) < 4.78 is 4.58. The van der Waals surface area contributed by atoms with Gasteiger partial charge in [0.05, 0.1) is 11.3 Å². The summed E-state index contributed by atoms with van der Waals surface area (Å²) >= 11 is 5.36. The van der Waals surface area contributed by atoms with Crippen molar-refractivity contribution in [3.63, 3.8) is 0 Å². The van der Waals surface area contributed by atoms with Gasteiger partial charge in [-0.25, -0.2) is 0 Å². The third-order valence-corrected chi connectivity index (χ3v) is 4.96. The zero-order valence-corrected chi connectivity index (χ0v) is 14.2. The summed E-state index contributed by atoms with van der Waals surface area (Å²) in [7, 11) is 0. The normalized spacial score (nSPS) is 13.4. The quantitative estimate of drug-likeness (QED) is 0.322. The minimum atomic E-state index is 0.648. The number of furan rings is 1. The van der Waals surface area contributed by atoms with Gasteiger partial charge in [-0.1, -0.05) is 60.1 Å². The van der Waals surface area contributed by atoms with E-state index >= 15 is 0 Å². The third kappa shape index (κ3) is 2.92. The monoisotopic (exact) mass is 334 g/mol. The number of aryl methyl sites for hydroxylation is 2. The smallest absolute Gasteiger partial charge is 0.109 e. The fourth-order valence-corrected chi connectivity index (χ4v) is 3.69. The number of fused-ring (bicyclic) bond motifs is 5. The molecule has 1 aliphatic carbocycles. The molecule has 0 spiro atoms. The van der Waals surface area contributed by atoms with Crippen molar-refractivity contribution < 1.29 is 4.42 Å². The molecule has 1 nitrogen and oxygen atoms in total. The van der Waals surface area contributed by atoms with E-state index < -0.39 is 0 Å². The van der Waals surface area contributed by atoms with Crippen LogP contribution in [-0.2, 0) is 12.8 Å². The highest BCUT2D eigenvalue weighted by atomic mass is 35.5. The standard InChI is InChI=1S/C18H16.C4H3ClO/c1-3-7-15-13(5-1)9-11-18-16-8-4-2-6-14(16)10-12-17(15)18;5-4-1-2-6-3-4/h1,3,5,7,9-12H,2,4,6,8H2;1-3H. The molecular formula is C22H19ClO. The van der Waals surface area contributed by atoms with E-state index in [4.69, 9.17) is 11.6 Å². The summed E-state index contributed by atoms with van der Waals surface area (Å²) in [5.41, 5.74) is 3.17. The number of rotatable bonds is 0. The Morgan fingerprint density at radius 3 is 2.38 bits per heavy atom. The van der Waals surface area contributed by atoms with Crippen molar-refractivity contribution in [1.29, 1.82) is 0 Å². The Hall–Kier alpha value is -2.25. The van der Waals surface area contributed by atoms with Crippen molar-refractivity contribution in [2.24, 2.45) is 0 Å². The van der Waals surface area contributed by atoms with E-state index in [0.717, 1.165) is 0 Å². The van der Waals surface area contributed by atoms with E-state index in [1.54, 1.807) is 17.2 Å². The molecule has 0 N–H and O–H groups in total. The Morgan fingerprint density at radius 2 is 1.58 bits per heavy atom. The molecule has 3 aromatic carbocycles. The highest BCUT2D eigenvalue weighted by Crippen LogP contribution is 2.33. The van der Waals surface area contributed by atoms with Crippen LogP contribution < -0.4 is 0 Å². The molecule has 5 rings (SSSR count). The molecule has 0 radical (unpaired) electrons. The molecule has 0 saturated heterocycles. The van der Waals surface area contributed by atoms with Crippen LogP contribution in [-0.4, -0.2) is 0 Å².